The molecule has 0 aliphatic heterocycles. The maximum absolute atomic E-state index is 10.7. The van der Waals surface area contributed by atoms with E-state index in [0.717, 1.165) is 11.6 Å². The first-order valence-electron chi connectivity index (χ1n) is 3.65. The molecule has 0 unspecified atom stereocenters. The van der Waals surface area contributed by atoms with E-state index in [9.17, 15) is 4.79 Å². The smallest absolute Gasteiger partial charge is 0.178 e. The molecule has 0 atom stereocenters. The predicted octanol–water partition coefficient (Wildman–Crippen LogP) is 2.26. The second-order valence-corrected chi connectivity index (χ2v) is 2.31. The molecule has 1 radical (unpaired) electrons. The van der Waals surface area contributed by atoms with Gasteiger partial charge in [0.2, 0.25) is 0 Å². The van der Waals surface area contributed by atoms with E-state index in [1.807, 2.05) is 30.3 Å². The van der Waals surface area contributed by atoms with Crippen molar-refractivity contribution in [2.45, 2.75) is 0 Å². The van der Waals surface area contributed by atoms with E-state index in [4.69, 9.17) is 6.58 Å². The fraction of sp³-hybridized carbons (Fsp3) is 0. The van der Waals surface area contributed by atoms with Gasteiger partial charge in [0.1, 0.15) is 0 Å². The van der Waals surface area contributed by atoms with Crippen molar-refractivity contribution in [1.29, 1.82) is 0 Å². The van der Waals surface area contributed by atoms with Crippen LogP contribution in [0.5, 0.6) is 0 Å². The minimum Gasteiger partial charge on any atom is -0.290 e. The van der Waals surface area contributed by atoms with Gasteiger partial charge in [-0.1, -0.05) is 43.0 Å². The first-order chi connectivity index (χ1) is 5.83. The highest BCUT2D eigenvalue weighted by Crippen LogP contribution is 2.00. The van der Waals surface area contributed by atoms with Crippen LogP contribution in [0.1, 0.15) is 5.56 Å². The molecule has 0 amide bonds. The quantitative estimate of drug-likeness (QED) is 0.615. The number of carbonyl (C=O) groups excluding carboxylic acids is 1. The Hall–Kier alpha value is -1.63. The van der Waals surface area contributed by atoms with Crippen LogP contribution in [0.15, 0.2) is 42.5 Å². The fourth-order valence-electron chi connectivity index (χ4n) is 0.798. The predicted molar refractivity (Wildman–Crippen MR) is 49.4 cm³/mol. The molecule has 0 aliphatic rings. The van der Waals surface area contributed by atoms with E-state index >= 15 is 0 Å². The van der Waals surface area contributed by atoms with Crippen molar-refractivity contribution in [2.75, 3.05) is 0 Å². The van der Waals surface area contributed by atoms with Crippen molar-refractivity contribution >= 4 is 11.9 Å². The average molecular weight is 157 g/mol. The van der Waals surface area contributed by atoms with E-state index in [-0.39, 0.29) is 5.78 Å². The normalized spacial score (nSPS) is 10.0. The van der Waals surface area contributed by atoms with E-state index in [1.54, 1.807) is 6.08 Å². The highest BCUT2D eigenvalue weighted by molar-refractivity contribution is 6.01. The van der Waals surface area contributed by atoms with Crippen LogP contribution in [0, 0.1) is 6.58 Å². The Bertz CT molecular complexity index is 296. The Kier molecular flexibility index (Phi) is 3.03. The molecule has 1 heteroatoms. The summed E-state index contributed by atoms with van der Waals surface area (Å²) in [5, 5.41) is 0. The lowest BCUT2D eigenvalue weighted by Crippen LogP contribution is -1.82. The van der Waals surface area contributed by atoms with Gasteiger partial charge in [0.15, 0.2) is 5.78 Å². The standard InChI is InChI=1S/C11H9O/c1-2-11(12)9-8-10-6-4-3-5-7-10/h1-9H/b2-1?,9-8+. The second kappa shape index (κ2) is 4.29. The summed E-state index contributed by atoms with van der Waals surface area (Å²) in [4.78, 5) is 10.7. The molecular weight excluding hydrogens is 148 g/mol. The maximum atomic E-state index is 10.7. The summed E-state index contributed by atoms with van der Waals surface area (Å²) in [5.41, 5.74) is 0.993. The van der Waals surface area contributed by atoms with Gasteiger partial charge < -0.3 is 0 Å². The molecule has 1 nitrogen and oxygen atoms in total. The van der Waals surface area contributed by atoms with E-state index in [0.29, 0.717) is 0 Å². The van der Waals surface area contributed by atoms with Gasteiger partial charge in [-0.15, -0.1) is 0 Å². The summed E-state index contributed by atoms with van der Waals surface area (Å²) in [7, 11) is 0. The molecule has 0 heterocycles. The van der Waals surface area contributed by atoms with Crippen molar-refractivity contribution in [2.24, 2.45) is 0 Å². The lowest BCUT2D eigenvalue weighted by atomic mass is 10.2. The maximum Gasteiger partial charge on any atom is 0.178 e. The van der Waals surface area contributed by atoms with Gasteiger partial charge >= 0.3 is 0 Å². The highest BCUT2D eigenvalue weighted by Gasteiger charge is 1.86. The molecule has 0 saturated heterocycles. The summed E-state index contributed by atoms with van der Waals surface area (Å²) in [5.74, 6) is -0.182. The zero-order valence-electron chi connectivity index (χ0n) is 6.60. The zero-order chi connectivity index (χ0) is 8.81. The van der Waals surface area contributed by atoms with Gasteiger partial charge in [-0.25, -0.2) is 0 Å². The Labute approximate surface area is 72.0 Å². The van der Waals surface area contributed by atoms with Gasteiger partial charge in [-0.05, 0) is 17.7 Å². The van der Waals surface area contributed by atoms with E-state index in [1.165, 1.54) is 6.08 Å². The number of carbonyl (C=O) groups is 1. The molecule has 0 bridgehead atoms. The summed E-state index contributed by atoms with van der Waals surface area (Å²) >= 11 is 0. The van der Waals surface area contributed by atoms with Crippen LogP contribution in [-0.4, -0.2) is 5.78 Å². The Morgan fingerprint density at radius 2 is 1.92 bits per heavy atom. The van der Waals surface area contributed by atoms with Crippen molar-refractivity contribution in [3.63, 3.8) is 0 Å². The fourth-order valence-corrected chi connectivity index (χ4v) is 0.798. The van der Waals surface area contributed by atoms with Gasteiger partial charge in [-0.3, -0.25) is 4.79 Å². The van der Waals surface area contributed by atoms with E-state index < -0.39 is 0 Å². The summed E-state index contributed by atoms with van der Waals surface area (Å²) in [6.45, 7) is 5.01. The van der Waals surface area contributed by atoms with Crippen molar-refractivity contribution in [1.82, 2.24) is 0 Å². The monoisotopic (exact) mass is 157 g/mol. The largest absolute Gasteiger partial charge is 0.290 e. The lowest BCUT2D eigenvalue weighted by Gasteiger charge is -1.88. The molecule has 0 spiro atoms. The van der Waals surface area contributed by atoms with Crippen LogP contribution in [0.3, 0.4) is 0 Å². The Morgan fingerprint density at radius 1 is 1.25 bits per heavy atom. The molecular formula is C11H9O. The second-order valence-electron chi connectivity index (χ2n) is 2.31. The summed E-state index contributed by atoms with van der Waals surface area (Å²) < 4.78 is 0. The van der Waals surface area contributed by atoms with Crippen molar-refractivity contribution in [3.05, 3.63) is 54.6 Å². The number of rotatable bonds is 3. The molecule has 59 valence electrons. The number of ketones is 1. The van der Waals surface area contributed by atoms with Crippen LogP contribution >= 0.6 is 0 Å². The molecule has 1 aromatic rings. The molecule has 1 aromatic carbocycles. The summed E-state index contributed by atoms with van der Waals surface area (Å²) in [6.07, 6.45) is 4.21. The topological polar surface area (TPSA) is 17.1 Å². The minimum atomic E-state index is -0.182. The van der Waals surface area contributed by atoms with E-state index in [2.05, 4.69) is 0 Å². The lowest BCUT2D eigenvalue weighted by molar-refractivity contribution is -0.110. The molecule has 0 aromatic heterocycles. The molecule has 0 aliphatic carbocycles. The van der Waals surface area contributed by atoms with Crippen LogP contribution in [0.2, 0.25) is 0 Å². The molecule has 0 fully saturated rings. The third-order valence-corrected chi connectivity index (χ3v) is 1.40. The Balaban J connectivity index is 2.70. The van der Waals surface area contributed by atoms with Crippen LogP contribution in [0.25, 0.3) is 6.08 Å². The minimum absolute atomic E-state index is 0.182. The SMILES string of the molecule is [CH]=CC(=O)/C=C/c1ccccc1. The van der Waals surface area contributed by atoms with Crippen LogP contribution in [-0.2, 0) is 4.79 Å². The van der Waals surface area contributed by atoms with Gasteiger partial charge in [0.25, 0.3) is 0 Å². The zero-order valence-corrected chi connectivity index (χ0v) is 6.60. The molecule has 0 N–H and O–H groups in total. The van der Waals surface area contributed by atoms with Gasteiger partial charge in [-0.2, -0.15) is 0 Å². The average Bonchev–Trinajstić information content (AvgIpc) is 2.16. The molecule has 1 rings (SSSR count). The molecule has 0 saturated carbocycles. The number of hydrogen-bond donors (Lipinski definition) is 0. The first kappa shape index (κ1) is 8.47. The first-order valence-corrected chi connectivity index (χ1v) is 3.65. The van der Waals surface area contributed by atoms with Gasteiger partial charge in [0, 0.05) is 0 Å². The summed E-state index contributed by atoms with van der Waals surface area (Å²) in [6, 6.07) is 9.58. The number of benzene rings is 1. The Morgan fingerprint density at radius 3 is 2.50 bits per heavy atom. The van der Waals surface area contributed by atoms with Gasteiger partial charge in [0.05, 0.1) is 0 Å². The van der Waals surface area contributed by atoms with Crippen molar-refractivity contribution in [3.8, 4) is 0 Å². The van der Waals surface area contributed by atoms with Crippen molar-refractivity contribution < 1.29 is 4.79 Å². The van der Waals surface area contributed by atoms with Crippen LogP contribution in [0.4, 0.5) is 0 Å². The third kappa shape index (κ3) is 2.54. The third-order valence-electron chi connectivity index (χ3n) is 1.40. The number of allylic oxidation sites excluding steroid dienone is 2. The van der Waals surface area contributed by atoms with Crippen LogP contribution < -0.4 is 0 Å². The molecule has 12 heavy (non-hydrogen) atoms. The highest BCUT2D eigenvalue weighted by atomic mass is 16.1. The number of hydrogen-bond acceptors (Lipinski definition) is 1.